The monoisotopic (exact) mass is 377 g/mol. The Balaban J connectivity index is 2.22. The zero-order valence-electron chi connectivity index (χ0n) is 13.7. The van der Waals surface area contributed by atoms with Crippen LogP contribution in [0, 0.1) is 0 Å². The maximum absolute atomic E-state index is 12.4. The Kier molecular flexibility index (Phi) is 5.60. The molecule has 1 aromatic rings. The van der Waals surface area contributed by atoms with Crippen LogP contribution < -0.4 is 0 Å². The van der Waals surface area contributed by atoms with Gasteiger partial charge in [0.2, 0.25) is 0 Å². The van der Waals surface area contributed by atoms with Crippen LogP contribution in [0.5, 0.6) is 0 Å². The molecule has 1 amide bonds. The second-order valence-electron chi connectivity index (χ2n) is 6.19. The first kappa shape index (κ1) is 17.4. The zero-order valence-corrected chi connectivity index (χ0v) is 15.4. The normalized spacial score (nSPS) is 22.7. The fourth-order valence-corrected chi connectivity index (χ4v) is 3.76. The summed E-state index contributed by atoms with van der Waals surface area (Å²) in [6.07, 6.45) is -0.181. The predicted octanol–water partition coefficient (Wildman–Crippen LogP) is 1.03. The predicted molar refractivity (Wildman–Crippen MR) is 81.0 cm³/mol. The quantitative estimate of drug-likeness (QED) is 0.718. The van der Waals surface area contributed by atoms with Crippen LogP contribution in [-0.4, -0.2) is 73.9 Å². The summed E-state index contributed by atoms with van der Waals surface area (Å²) in [6, 6.07) is 0. The molecule has 22 heavy (non-hydrogen) atoms. The number of amides is 1. The molecule has 0 fully saturated rings. The van der Waals surface area contributed by atoms with Crippen molar-refractivity contribution in [3.05, 3.63) is 10.1 Å². The van der Waals surface area contributed by atoms with Gasteiger partial charge in [-0.15, -0.1) is 0 Å². The van der Waals surface area contributed by atoms with E-state index in [4.69, 9.17) is 14.2 Å². The fourth-order valence-electron chi connectivity index (χ4n) is 2.38. The molecule has 1 aromatic heterocycles. The molecule has 0 saturated carbocycles. The van der Waals surface area contributed by atoms with Gasteiger partial charge in [-0.3, -0.25) is 0 Å². The van der Waals surface area contributed by atoms with Crippen LogP contribution in [0.3, 0.4) is 0 Å². The van der Waals surface area contributed by atoms with Crippen molar-refractivity contribution in [3.63, 3.8) is 0 Å². The van der Waals surface area contributed by atoms with Crippen LogP contribution in [0.15, 0.2) is 0 Å². The second kappa shape index (κ2) is 7.08. The van der Waals surface area contributed by atoms with Crippen molar-refractivity contribution in [2.75, 3.05) is 27.3 Å². The summed E-state index contributed by atoms with van der Waals surface area (Å²) < 4.78 is 21.9. The summed E-state index contributed by atoms with van der Waals surface area (Å²) in [4.78, 5) is 14.1. The van der Waals surface area contributed by atoms with Gasteiger partial charge >= 0.3 is 136 Å². The van der Waals surface area contributed by atoms with Crippen molar-refractivity contribution < 1.29 is 19.0 Å². The van der Waals surface area contributed by atoms with E-state index in [-0.39, 0.29) is 33.0 Å². The number of ether oxygens (including phenoxy) is 3. The van der Waals surface area contributed by atoms with Gasteiger partial charge in [0.25, 0.3) is 0 Å². The number of carbonyl (C=O) groups excluding carboxylic acids is 1. The third-order valence-corrected chi connectivity index (χ3v) is 5.08. The van der Waals surface area contributed by atoms with Crippen LogP contribution in [0.1, 0.15) is 37.0 Å². The zero-order chi connectivity index (χ0) is 16.3. The molecule has 1 aliphatic heterocycles. The minimum atomic E-state index is -0.519. The van der Waals surface area contributed by atoms with Crippen LogP contribution in [-0.2, 0) is 20.6 Å². The van der Waals surface area contributed by atoms with Crippen LogP contribution in [0.2, 0.25) is 0 Å². The van der Waals surface area contributed by atoms with Gasteiger partial charge in [-0.05, 0) is 0 Å². The molecule has 0 radical (unpaired) electrons. The first-order valence-corrected chi connectivity index (χ1v) is 8.82. The van der Waals surface area contributed by atoms with Gasteiger partial charge in [0.15, 0.2) is 0 Å². The molecule has 0 aromatic carbocycles. The van der Waals surface area contributed by atoms with Gasteiger partial charge in [-0.1, -0.05) is 0 Å². The van der Waals surface area contributed by atoms with E-state index in [9.17, 15) is 4.79 Å². The van der Waals surface area contributed by atoms with E-state index < -0.39 is 5.60 Å². The molecule has 0 N–H and O–H groups in total. The molecule has 0 bridgehead atoms. The Labute approximate surface area is 136 Å². The summed E-state index contributed by atoms with van der Waals surface area (Å²) in [5.41, 5.74) is 0.355. The first-order valence-electron chi connectivity index (χ1n) is 7.20. The standard InChI is InChI=1S/C14H23N3O4Se/c1-14(2,3)21-13(18)17-7-6-10-11(15-16-22-10)12(20-5)9(8-17)19-4/h9,12H,6-8H2,1-5H3/t9-,12+/m0/s1. The van der Waals surface area contributed by atoms with Crippen LogP contribution in [0.4, 0.5) is 4.79 Å². The number of hydrogen-bond acceptors (Lipinski definition) is 6. The number of methoxy groups -OCH3 is 2. The SMILES string of the molecule is CO[C@H]1CN(C(=O)OC(C)(C)C)CCc2[se]nnc2[C@@H]1OC. The molecule has 0 saturated heterocycles. The molecule has 2 heterocycles. The minimum absolute atomic E-state index is 0.0126. The molecule has 0 aliphatic carbocycles. The average molecular weight is 376 g/mol. The van der Waals surface area contributed by atoms with Gasteiger partial charge in [0, 0.05) is 0 Å². The summed E-state index contributed by atoms with van der Waals surface area (Å²) in [6.45, 7) is 6.57. The number of hydrogen-bond donors (Lipinski definition) is 0. The summed E-state index contributed by atoms with van der Waals surface area (Å²) in [5.74, 6) is 0. The number of rotatable bonds is 2. The number of aromatic nitrogens is 2. The molecule has 2 rings (SSSR count). The number of nitrogens with zero attached hydrogens (tertiary/aromatic N) is 3. The summed E-state index contributed by atoms with van der Waals surface area (Å²) >= 11 is -0.0126. The van der Waals surface area contributed by atoms with E-state index in [0.717, 1.165) is 16.6 Å². The van der Waals surface area contributed by atoms with Gasteiger partial charge in [-0.2, -0.15) is 0 Å². The van der Waals surface area contributed by atoms with E-state index in [1.54, 1.807) is 19.1 Å². The third-order valence-electron chi connectivity index (χ3n) is 3.41. The van der Waals surface area contributed by atoms with Gasteiger partial charge in [0.05, 0.1) is 0 Å². The van der Waals surface area contributed by atoms with Crippen molar-refractivity contribution in [2.24, 2.45) is 0 Å². The van der Waals surface area contributed by atoms with Crippen molar-refractivity contribution in [1.82, 2.24) is 14.1 Å². The van der Waals surface area contributed by atoms with E-state index in [0.29, 0.717) is 13.1 Å². The van der Waals surface area contributed by atoms with Crippen LogP contribution in [0.25, 0.3) is 0 Å². The van der Waals surface area contributed by atoms with E-state index >= 15 is 0 Å². The Morgan fingerprint density at radius 1 is 1.32 bits per heavy atom. The third kappa shape index (κ3) is 4.07. The molecule has 2 atom stereocenters. The first-order chi connectivity index (χ1) is 10.4. The molecule has 0 spiro atoms. The Bertz CT molecular complexity index is 514. The average Bonchev–Trinajstić information content (AvgIpc) is 2.85. The van der Waals surface area contributed by atoms with E-state index in [2.05, 4.69) is 9.19 Å². The van der Waals surface area contributed by atoms with Gasteiger partial charge in [0.1, 0.15) is 0 Å². The summed E-state index contributed by atoms with van der Waals surface area (Å²) in [7, 11) is 3.24. The number of carbonyl (C=O) groups is 1. The Morgan fingerprint density at radius 3 is 2.64 bits per heavy atom. The van der Waals surface area contributed by atoms with E-state index in [1.807, 2.05) is 20.8 Å². The molecule has 1 aliphatic rings. The molecule has 8 heteroatoms. The van der Waals surface area contributed by atoms with Gasteiger partial charge in [-0.25, -0.2) is 0 Å². The van der Waals surface area contributed by atoms with Gasteiger partial charge < -0.3 is 0 Å². The topological polar surface area (TPSA) is 73.8 Å². The molecular formula is C14H23N3O4Se. The van der Waals surface area contributed by atoms with Crippen molar-refractivity contribution >= 4 is 20.8 Å². The van der Waals surface area contributed by atoms with Crippen molar-refractivity contribution in [1.29, 1.82) is 0 Å². The second-order valence-corrected chi connectivity index (χ2v) is 7.95. The van der Waals surface area contributed by atoms with Crippen LogP contribution >= 0.6 is 0 Å². The maximum atomic E-state index is 12.4. The summed E-state index contributed by atoms with van der Waals surface area (Å²) in [5, 5.41) is 4.23. The molecule has 124 valence electrons. The molecule has 0 unspecified atom stereocenters. The number of fused-ring (bicyclic) bond motifs is 1. The Hall–Kier alpha value is -0.951. The van der Waals surface area contributed by atoms with Crippen molar-refractivity contribution in [2.45, 2.75) is 45.0 Å². The molecular weight excluding hydrogens is 353 g/mol. The molecule has 7 nitrogen and oxygen atoms in total. The fraction of sp³-hybridized carbons (Fsp3) is 0.786. The van der Waals surface area contributed by atoms with E-state index in [1.165, 1.54) is 0 Å². The Morgan fingerprint density at radius 2 is 2.05 bits per heavy atom. The van der Waals surface area contributed by atoms with Crippen molar-refractivity contribution in [3.8, 4) is 0 Å².